The van der Waals surface area contributed by atoms with Gasteiger partial charge in [-0.25, -0.2) is 0 Å². The third-order valence-corrected chi connectivity index (χ3v) is 16.1. The van der Waals surface area contributed by atoms with Crippen LogP contribution in [0.5, 0.6) is 0 Å². The minimum Gasteiger partial charge on any atom is -0.466 e. The molecule has 0 radical (unpaired) electrons. The van der Waals surface area contributed by atoms with Crippen LogP contribution in [0.4, 0.5) is 0 Å². The summed E-state index contributed by atoms with van der Waals surface area (Å²) in [5.74, 6) is -0.0693. The van der Waals surface area contributed by atoms with Gasteiger partial charge in [-0.05, 0) is 83.5 Å². The monoisotopic (exact) mass is 1080 g/mol. The summed E-state index contributed by atoms with van der Waals surface area (Å²) in [7, 11) is 0. The molecule has 0 aromatic rings. The van der Waals surface area contributed by atoms with Gasteiger partial charge in [-0.1, -0.05) is 320 Å². The highest BCUT2D eigenvalue weighted by molar-refractivity contribution is 5.76. The first-order valence-electron chi connectivity index (χ1n) is 34.8. The topological polar surface area (TPSA) is 95.9 Å². The Hall–Kier alpha value is -1.92. The Bertz CT molecular complexity index is 1250. The number of ether oxygens (including phenoxy) is 1. The Morgan fingerprint density at radius 2 is 0.610 bits per heavy atom. The van der Waals surface area contributed by atoms with E-state index in [1.165, 1.54) is 302 Å². The predicted molar refractivity (Wildman–Crippen MR) is 338 cm³/mol. The lowest BCUT2D eigenvalue weighted by molar-refractivity contribution is -0.143. The van der Waals surface area contributed by atoms with Gasteiger partial charge in [0.05, 0.1) is 25.4 Å². The summed E-state index contributed by atoms with van der Waals surface area (Å²) < 4.78 is 5.47. The van der Waals surface area contributed by atoms with Crippen LogP contribution in [0.1, 0.15) is 380 Å². The second-order valence-corrected chi connectivity index (χ2v) is 23.9. The van der Waals surface area contributed by atoms with E-state index >= 15 is 0 Å². The molecule has 0 saturated heterocycles. The van der Waals surface area contributed by atoms with Crippen LogP contribution in [-0.4, -0.2) is 47.4 Å². The van der Waals surface area contributed by atoms with Gasteiger partial charge in [0.25, 0.3) is 0 Å². The molecular formula is C71H135NO5. The van der Waals surface area contributed by atoms with Crippen LogP contribution in [0, 0.1) is 0 Å². The maximum Gasteiger partial charge on any atom is 0.305 e. The lowest BCUT2D eigenvalue weighted by Gasteiger charge is -2.20. The molecule has 0 spiro atoms. The number of unbranched alkanes of at least 4 members (excludes halogenated alkanes) is 50. The molecule has 6 nitrogen and oxygen atoms in total. The van der Waals surface area contributed by atoms with Gasteiger partial charge in [0.15, 0.2) is 0 Å². The van der Waals surface area contributed by atoms with E-state index in [-0.39, 0.29) is 18.5 Å². The van der Waals surface area contributed by atoms with Gasteiger partial charge in [0.1, 0.15) is 0 Å². The van der Waals surface area contributed by atoms with E-state index < -0.39 is 12.1 Å². The van der Waals surface area contributed by atoms with E-state index in [9.17, 15) is 19.8 Å². The molecular weight excluding hydrogens is 947 g/mol. The van der Waals surface area contributed by atoms with Crippen molar-refractivity contribution in [1.29, 1.82) is 0 Å². The number of hydrogen-bond donors (Lipinski definition) is 3. The predicted octanol–water partition coefficient (Wildman–Crippen LogP) is 22.3. The Balaban J connectivity index is 3.45. The maximum atomic E-state index is 12.5. The first kappa shape index (κ1) is 75.1. The minimum atomic E-state index is -0.850. The van der Waals surface area contributed by atoms with E-state index in [4.69, 9.17) is 4.74 Å². The molecule has 2 atom stereocenters. The summed E-state index contributed by atoms with van der Waals surface area (Å²) in [6.45, 7) is 4.90. The van der Waals surface area contributed by atoms with Crippen molar-refractivity contribution in [3.05, 3.63) is 36.5 Å². The Kier molecular flexibility index (Phi) is 64.9. The molecule has 0 aromatic heterocycles. The number of amides is 1. The number of aliphatic hydroxyl groups excluding tert-OH is 2. The lowest BCUT2D eigenvalue weighted by atomic mass is 10.0. The molecule has 3 N–H and O–H groups in total. The number of allylic oxidation sites excluding steroid dienone is 5. The minimum absolute atomic E-state index is 0.00127. The van der Waals surface area contributed by atoms with Crippen molar-refractivity contribution in [2.45, 2.75) is 392 Å². The average molecular weight is 1080 g/mol. The quantitative estimate of drug-likeness (QED) is 0.0320. The summed E-state index contributed by atoms with van der Waals surface area (Å²) >= 11 is 0. The highest BCUT2D eigenvalue weighted by atomic mass is 16.5. The highest BCUT2D eigenvalue weighted by Gasteiger charge is 2.18. The maximum absolute atomic E-state index is 12.5. The third-order valence-electron chi connectivity index (χ3n) is 16.1. The van der Waals surface area contributed by atoms with Crippen LogP contribution in [0.15, 0.2) is 36.5 Å². The van der Waals surface area contributed by atoms with Crippen molar-refractivity contribution in [3.8, 4) is 0 Å². The van der Waals surface area contributed by atoms with Gasteiger partial charge in [0.2, 0.25) is 5.91 Å². The summed E-state index contributed by atoms with van der Waals surface area (Å²) in [5.41, 5.74) is 0. The standard InChI is InChI=1S/C71H135NO5/c1-3-5-7-9-11-13-15-17-18-19-20-21-22-23-25-28-31-34-37-40-43-47-51-55-59-63-69(74)68(67-73)72-70(75)64-60-56-52-48-44-41-38-35-32-29-26-24-27-30-33-36-39-42-46-50-54-58-62-66-77-71(76)65-61-57-53-49-45-16-14-12-10-8-6-4-2/h12,14,29,32,59,63,68-69,73-74H,3-11,13,15-28,30-31,33-58,60-62,64-67H2,1-2H3,(H,72,75)/b14-12-,32-29-,63-59+. The van der Waals surface area contributed by atoms with Crippen molar-refractivity contribution < 1.29 is 24.5 Å². The summed E-state index contributed by atoms with van der Waals surface area (Å²) in [4.78, 5) is 24.5. The zero-order valence-corrected chi connectivity index (χ0v) is 52.0. The Morgan fingerprint density at radius 1 is 0.351 bits per heavy atom. The molecule has 0 aliphatic rings. The van der Waals surface area contributed by atoms with Gasteiger partial charge in [-0.15, -0.1) is 0 Å². The third kappa shape index (κ3) is 63.1. The van der Waals surface area contributed by atoms with Crippen molar-refractivity contribution in [2.24, 2.45) is 0 Å². The lowest BCUT2D eigenvalue weighted by Crippen LogP contribution is -2.45. The van der Waals surface area contributed by atoms with Crippen LogP contribution in [0.25, 0.3) is 0 Å². The number of carbonyl (C=O) groups is 2. The van der Waals surface area contributed by atoms with Crippen LogP contribution in [0.2, 0.25) is 0 Å². The molecule has 77 heavy (non-hydrogen) atoms. The number of hydrogen-bond acceptors (Lipinski definition) is 5. The summed E-state index contributed by atoms with van der Waals surface area (Å²) in [5, 5.41) is 23.3. The van der Waals surface area contributed by atoms with Crippen molar-refractivity contribution >= 4 is 11.9 Å². The molecule has 0 fully saturated rings. The molecule has 0 bridgehead atoms. The SMILES string of the molecule is CCCCC/C=C\CCCCCCCC(=O)OCCCCCCCCCCCCCC/C=C\CCCCCCCCCC(=O)NC(CO)C(O)/C=C/CCCCCCCCCCCCCCCCCCCCCCCCC. The molecule has 0 saturated carbocycles. The zero-order chi connectivity index (χ0) is 55.7. The Labute approximate surface area is 481 Å². The van der Waals surface area contributed by atoms with Crippen LogP contribution in [0.3, 0.4) is 0 Å². The first-order valence-corrected chi connectivity index (χ1v) is 34.8. The van der Waals surface area contributed by atoms with Gasteiger partial charge in [0, 0.05) is 12.8 Å². The average Bonchev–Trinajstić information content (AvgIpc) is 3.43. The van der Waals surface area contributed by atoms with Crippen LogP contribution in [-0.2, 0) is 14.3 Å². The van der Waals surface area contributed by atoms with E-state index in [2.05, 4.69) is 43.5 Å². The van der Waals surface area contributed by atoms with Crippen LogP contribution >= 0.6 is 0 Å². The normalized spacial score (nSPS) is 12.7. The van der Waals surface area contributed by atoms with E-state index in [0.29, 0.717) is 19.4 Å². The second kappa shape index (κ2) is 66.6. The second-order valence-electron chi connectivity index (χ2n) is 23.9. The highest BCUT2D eigenvalue weighted by Crippen LogP contribution is 2.18. The molecule has 6 heteroatoms. The van der Waals surface area contributed by atoms with Gasteiger partial charge >= 0.3 is 5.97 Å². The molecule has 1 amide bonds. The van der Waals surface area contributed by atoms with Crippen molar-refractivity contribution in [2.75, 3.05) is 13.2 Å². The number of carbonyl (C=O) groups excluding carboxylic acids is 2. The fourth-order valence-electron chi connectivity index (χ4n) is 10.8. The Morgan fingerprint density at radius 3 is 0.948 bits per heavy atom. The molecule has 0 rings (SSSR count). The summed E-state index contributed by atoms with van der Waals surface area (Å²) in [6, 6.07) is -0.634. The smallest absolute Gasteiger partial charge is 0.305 e. The number of esters is 1. The molecule has 0 heterocycles. The largest absolute Gasteiger partial charge is 0.466 e. The summed E-state index contributed by atoms with van der Waals surface area (Å²) in [6.07, 6.45) is 85.0. The fraction of sp³-hybridized carbons (Fsp3) is 0.887. The number of rotatable bonds is 65. The van der Waals surface area contributed by atoms with E-state index in [1.54, 1.807) is 6.08 Å². The van der Waals surface area contributed by atoms with E-state index in [0.717, 1.165) is 51.4 Å². The van der Waals surface area contributed by atoms with Gasteiger partial charge in [-0.3, -0.25) is 9.59 Å². The number of aliphatic hydroxyl groups is 2. The van der Waals surface area contributed by atoms with Crippen molar-refractivity contribution in [1.82, 2.24) is 5.32 Å². The first-order chi connectivity index (χ1) is 38.0. The fourth-order valence-corrected chi connectivity index (χ4v) is 10.8. The molecule has 0 aliphatic carbocycles. The molecule has 2 unspecified atom stereocenters. The number of nitrogens with one attached hydrogen (secondary N) is 1. The van der Waals surface area contributed by atoms with Gasteiger partial charge in [-0.2, -0.15) is 0 Å². The zero-order valence-electron chi connectivity index (χ0n) is 52.0. The van der Waals surface area contributed by atoms with Crippen LogP contribution < -0.4 is 5.32 Å². The van der Waals surface area contributed by atoms with E-state index in [1.807, 2.05) is 6.08 Å². The molecule has 454 valence electrons. The van der Waals surface area contributed by atoms with Crippen molar-refractivity contribution in [3.63, 3.8) is 0 Å². The molecule has 0 aromatic carbocycles. The molecule has 0 aliphatic heterocycles. The van der Waals surface area contributed by atoms with Gasteiger partial charge < -0.3 is 20.3 Å².